The molecular formula is C21H21N3O2. The summed E-state index contributed by atoms with van der Waals surface area (Å²) in [5.41, 5.74) is 3.79. The topological polar surface area (TPSA) is 45.6 Å². The summed E-state index contributed by atoms with van der Waals surface area (Å²) < 4.78 is 2.07. The van der Waals surface area contributed by atoms with Gasteiger partial charge in [-0.1, -0.05) is 36.4 Å². The van der Waals surface area contributed by atoms with Crippen LogP contribution in [0.4, 0.5) is 0 Å². The van der Waals surface area contributed by atoms with E-state index in [0.717, 1.165) is 22.0 Å². The molecule has 0 fully saturated rings. The SMILES string of the molecule is CN(C)C(=O)CN1C(=O)c2ccccc2C1c1cn(C)c2ccccc12. The molecule has 1 aromatic heterocycles. The van der Waals surface area contributed by atoms with Gasteiger partial charge in [0.15, 0.2) is 0 Å². The first-order valence-corrected chi connectivity index (χ1v) is 8.63. The summed E-state index contributed by atoms with van der Waals surface area (Å²) in [7, 11) is 5.43. The summed E-state index contributed by atoms with van der Waals surface area (Å²) in [6, 6.07) is 15.5. The average molecular weight is 347 g/mol. The molecule has 0 saturated carbocycles. The Hall–Kier alpha value is -3.08. The number of para-hydroxylation sites is 1. The van der Waals surface area contributed by atoms with E-state index in [9.17, 15) is 9.59 Å². The van der Waals surface area contributed by atoms with Gasteiger partial charge in [0, 0.05) is 49.4 Å². The first-order chi connectivity index (χ1) is 12.5. The zero-order valence-corrected chi connectivity index (χ0v) is 15.1. The largest absolute Gasteiger partial charge is 0.350 e. The van der Waals surface area contributed by atoms with Crippen LogP contribution in [0.1, 0.15) is 27.5 Å². The maximum Gasteiger partial charge on any atom is 0.255 e. The van der Waals surface area contributed by atoms with Crippen LogP contribution in [0, 0.1) is 0 Å². The number of benzene rings is 2. The van der Waals surface area contributed by atoms with Crippen molar-refractivity contribution in [3.05, 3.63) is 71.4 Å². The Bertz CT molecular complexity index is 1020. The number of carbonyl (C=O) groups excluding carboxylic acids is 2. The van der Waals surface area contributed by atoms with Crippen molar-refractivity contribution in [2.45, 2.75) is 6.04 Å². The highest BCUT2D eigenvalue weighted by atomic mass is 16.2. The van der Waals surface area contributed by atoms with Gasteiger partial charge in [-0.2, -0.15) is 0 Å². The van der Waals surface area contributed by atoms with Crippen LogP contribution in [-0.4, -0.2) is 46.8 Å². The van der Waals surface area contributed by atoms with E-state index in [1.54, 1.807) is 19.0 Å². The Kier molecular flexibility index (Phi) is 3.80. The van der Waals surface area contributed by atoms with Crippen LogP contribution in [0.25, 0.3) is 10.9 Å². The van der Waals surface area contributed by atoms with Crippen LogP contribution in [0.5, 0.6) is 0 Å². The van der Waals surface area contributed by atoms with Gasteiger partial charge in [-0.05, 0) is 17.7 Å². The first-order valence-electron chi connectivity index (χ1n) is 8.63. The molecule has 2 amide bonds. The van der Waals surface area contributed by atoms with Gasteiger partial charge in [0.05, 0.1) is 6.04 Å². The molecule has 26 heavy (non-hydrogen) atoms. The van der Waals surface area contributed by atoms with E-state index in [2.05, 4.69) is 22.9 Å². The number of carbonyl (C=O) groups is 2. The molecule has 1 unspecified atom stereocenters. The highest BCUT2D eigenvalue weighted by molar-refractivity contribution is 6.02. The number of hydrogen-bond donors (Lipinski definition) is 0. The molecule has 0 N–H and O–H groups in total. The fourth-order valence-electron chi connectivity index (χ4n) is 3.75. The highest BCUT2D eigenvalue weighted by Crippen LogP contribution is 2.41. The van der Waals surface area contributed by atoms with Crippen molar-refractivity contribution in [2.75, 3.05) is 20.6 Å². The van der Waals surface area contributed by atoms with Crippen molar-refractivity contribution in [1.82, 2.24) is 14.4 Å². The number of rotatable bonds is 3. The van der Waals surface area contributed by atoms with E-state index in [4.69, 9.17) is 0 Å². The van der Waals surface area contributed by atoms with E-state index in [-0.39, 0.29) is 24.4 Å². The molecule has 5 heteroatoms. The van der Waals surface area contributed by atoms with Crippen LogP contribution in [0.2, 0.25) is 0 Å². The maximum atomic E-state index is 13.0. The van der Waals surface area contributed by atoms with Gasteiger partial charge in [-0.3, -0.25) is 9.59 Å². The molecule has 0 spiro atoms. The van der Waals surface area contributed by atoms with Crippen LogP contribution in [0.15, 0.2) is 54.7 Å². The molecule has 4 rings (SSSR count). The van der Waals surface area contributed by atoms with Gasteiger partial charge in [0.2, 0.25) is 5.91 Å². The quantitative estimate of drug-likeness (QED) is 0.731. The first kappa shape index (κ1) is 16.4. The Morgan fingerprint density at radius 1 is 1.04 bits per heavy atom. The zero-order chi connectivity index (χ0) is 18.4. The number of likely N-dealkylation sites (N-methyl/N-ethyl adjacent to an activating group) is 1. The minimum absolute atomic E-state index is 0.0639. The lowest BCUT2D eigenvalue weighted by Crippen LogP contribution is -2.39. The van der Waals surface area contributed by atoms with Gasteiger partial charge < -0.3 is 14.4 Å². The van der Waals surface area contributed by atoms with Crippen LogP contribution in [0.3, 0.4) is 0 Å². The van der Waals surface area contributed by atoms with E-state index >= 15 is 0 Å². The van der Waals surface area contributed by atoms with Crippen LogP contribution >= 0.6 is 0 Å². The van der Waals surface area contributed by atoms with Gasteiger partial charge in [-0.25, -0.2) is 0 Å². The number of nitrogens with zero attached hydrogens (tertiary/aromatic N) is 3. The van der Waals surface area contributed by atoms with Gasteiger partial charge in [0.25, 0.3) is 5.91 Å². The zero-order valence-electron chi connectivity index (χ0n) is 15.1. The minimum Gasteiger partial charge on any atom is -0.350 e. The molecule has 2 heterocycles. The molecule has 0 aliphatic carbocycles. The Balaban J connectivity index is 1.89. The van der Waals surface area contributed by atoms with Crippen molar-refractivity contribution >= 4 is 22.7 Å². The minimum atomic E-state index is -0.256. The number of amides is 2. The predicted octanol–water partition coefficient (Wildman–Crippen LogP) is 2.81. The second kappa shape index (κ2) is 6.02. The molecule has 1 aliphatic heterocycles. The smallest absolute Gasteiger partial charge is 0.255 e. The molecule has 3 aromatic rings. The molecule has 132 valence electrons. The van der Waals surface area contributed by atoms with Gasteiger partial charge >= 0.3 is 0 Å². The average Bonchev–Trinajstić information content (AvgIpc) is 3.11. The van der Waals surface area contributed by atoms with Crippen LogP contribution < -0.4 is 0 Å². The number of aromatic nitrogens is 1. The summed E-state index contributed by atoms with van der Waals surface area (Å²) in [4.78, 5) is 28.6. The molecular weight excluding hydrogens is 326 g/mol. The van der Waals surface area contributed by atoms with E-state index in [0.29, 0.717) is 5.56 Å². The molecule has 1 atom stereocenters. The lowest BCUT2D eigenvalue weighted by molar-refractivity contribution is -0.129. The normalized spacial score (nSPS) is 16.2. The number of aryl methyl sites for hydroxylation is 1. The van der Waals surface area contributed by atoms with Crippen molar-refractivity contribution in [3.8, 4) is 0 Å². The maximum absolute atomic E-state index is 13.0. The third-order valence-corrected chi connectivity index (χ3v) is 5.09. The summed E-state index contributed by atoms with van der Waals surface area (Å²) >= 11 is 0. The monoisotopic (exact) mass is 347 g/mol. The standard InChI is InChI=1S/C21H21N3O2/c1-22(2)19(25)13-24-20(15-9-4-5-10-16(15)21(24)26)17-12-23(3)18-11-7-6-8-14(17)18/h4-12,20H,13H2,1-3H3. The molecule has 2 aromatic carbocycles. The van der Waals surface area contributed by atoms with Crippen LogP contribution in [-0.2, 0) is 11.8 Å². The summed E-state index contributed by atoms with van der Waals surface area (Å²) in [5, 5.41) is 1.10. The molecule has 1 aliphatic rings. The van der Waals surface area contributed by atoms with Crippen molar-refractivity contribution in [1.29, 1.82) is 0 Å². The summed E-state index contributed by atoms with van der Waals surface area (Å²) in [6.45, 7) is 0.0639. The molecule has 0 saturated heterocycles. The lowest BCUT2D eigenvalue weighted by Gasteiger charge is -2.26. The van der Waals surface area contributed by atoms with E-state index in [1.165, 1.54) is 4.90 Å². The fraction of sp³-hybridized carbons (Fsp3) is 0.238. The van der Waals surface area contributed by atoms with E-state index < -0.39 is 0 Å². The number of fused-ring (bicyclic) bond motifs is 2. The predicted molar refractivity (Wildman–Crippen MR) is 101 cm³/mol. The summed E-state index contributed by atoms with van der Waals surface area (Å²) in [5.74, 6) is -0.176. The molecule has 0 radical (unpaired) electrons. The molecule has 5 nitrogen and oxygen atoms in total. The molecule has 0 bridgehead atoms. The van der Waals surface area contributed by atoms with Crippen molar-refractivity contribution < 1.29 is 9.59 Å². The Morgan fingerprint density at radius 2 is 1.73 bits per heavy atom. The van der Waals surface area contributed by atoms with Crippen molar-refractivity contribution in [2.24, 2.45) is 7.05 Å². The third-order valence-electron chi connectivity index (χ3n) is 5.09. The Morgan fingerprint density at radius 3 is 2.50 bits per heavy atom. The summed E-state index contributed by atoms with van der Waals surface area (Å²) in [6.07, 6.45) is 2.07. The second-order valence-electron chi connectivity index (χ2n) is 6.92. The highest BCUT2D eigenvalue weighted by Gasteiger charge is 2.39. The fourth-order valence-corrected chi connectivity index (χ4v) is 3.75. The Labute approximate surface area is 152 Å². The van der Waals surface area contributed by atoms with Gasteiger partial charge in [0.1, 0.15) is 6.54 Å². The number of hydrogen-bond acceptors (Lipinski definition) is 2. The third kappa shape index (κ3) is 2.39. The lowest BCUT2D eigenvalue weighted by atomic mass is 9.97. The van der Waals surface area contributed by atoms with E-state index in [1.807, 2.05) is 43.4 Å². The van der Waals surface area contributed by atoms with Crippen molar-refractivity contribution in [3.63, 3.8) is 0 Å². The van der Waals surface area contributed by atoms with Gasteiger partial charge in [-0.15, -0.1) is 0 Å². The second-order valence-corrected chi connectivity index (χ2v) is 6.92.